The molecule has 0 aromatic heterocycles. The van der Waals surface area contributed by atoms with Gasteiger partial charge in [0.05, 0.1) is 6.04 Å². The highest BCUT2D eigenvalue weighted by atomic mass is 35.5. The van der Waals surface area contributed by atoms with Crippen LogP contribution in [-0.4, -0.2) is 99.4 Å². The molecule has 1 saturated carbocycles. The Hall–Kier alpha value is -2.72. The van der Waals surface area contributed by atoms with Crippen molar-refractivity contribution in [3.8, 4) is 0 Å². The minimum atomic E-state index is 0.0303. The molecule has 56 heavy (non-hydrogen) atoms. The molecule has 1 saturated heterocycles. The van der Waals surface area contributed by atoms with Crippen molar-refractivity contribution < 1.29 is 9.53 Å². The maximum Gasteiger partial charge on any atom is 0.182 e. The lowest BCUT2D eigenvalue weighted by Crippen LogP contribution is -2.49. The highest BCUT2D eigenvalue weighted by Crippen LogP contribution is 2.42. The number of piperazine rings is 1. The second-order valence-electron chi connectivity index (χ2n) is 16.1. The third kappa shape index (κ3) is 21.7. The molecule has 4 rings (SSSR count). The summed E-state index contributed by atoms with van der Waals surface area (Å²) in [7, 11) is 10.2. The number of hydrogen-bond donors (Lipinski definition) is 2. The van der Waals surface area contributed by atoms with Gasteiger partial charge in [0.15, 0.2) is 5.88 Å². The van der Waals surface area contributed by atoms with E-state index >= 15 is 0 Å². The lowest BCUT2D eigenvalue weighted by molar-refractivity contribution is -0.111. The van der Waals surface area contributed by atoms with Gasteiger partial charge in [-0.1, -0.05) is 120 Å². The summed E-state index contributed by atoms with van der Waals surface area (Å²) in [5, 5.41) is 0.704. The number of ether oxygens (including phenoxy) is 1. The number of carbonyl (C=O) groups is 1. The molecule has 2 aromatic rings. The van der Waals surface area contributed by atoms with Gasteiger partial charge in [0.1, 0.15) is 12.4 Å². The van der Waals surface area contributed by atoms with Gasteiger partial charge in [-0.2, -0.15) is 0 Å². The van der Waals surface area contributed by atoms with E-state index in [1.165, 1.54) is 49.7 Å². The van der Waals surface area contributed by atoms with Crippen LogP contribution in [0.2, 0.25) is 5.02 Å². The number of benzene rings is 2. The predicted molar refractivity (Wildman–Crippen MR) is 244 cm³/mol. The van der Waals surface area contributed by atoms with E-state index in [4.69, 9.17) is 27.8 Å². The van der Waals surface area contributed by atoms with Crippen molar-refractivity contribution in [2.24, 2.45) is 16.9 Å². The summed E-state index contributed by atoms with van der Waals surface area (Å²) in [6.07, 6.45) is 11.9. The molecule has 2 aliphatic rings. The smallest absolute Gasteiger partial charge is 0.182 e. The van der Waals surface area contributed by atoms with E-state index in [1.54, 1.807) is 0 Å². The molecule has 2 aromatic carbocycles. The molecular weight excluding hydrogens is 716 g/mol. The van der Waals surface area contributed by atoms with Crippen molar-refractivity contribution in [3.63, 3.8) is 0 Å². The van der Waals surface area contributed by atoms with Gasteiger partial charge in [-0.25, -0.2) is 0 Å². The summed E-state index contributed by atoms with van der Waals surface area (Å²) in [5.74, 6) is 0.818. The third-order valence-electron chi connectivity index (χ3n) is 10.4. The van der Waals surface area contributed by atoms with Crippen LogP contribution in [-0.2, 0) is 22.6 Å². The molecule has 1 heterocycles. The van der Waals surface area contributed by atoms with Gasteiger partial charge in [0, 0.05) is 49.2 Å². The van der Waals surface area contributed by atoms with Gasteiger partial charge in [0.2, 0.25) is 0 Å². The van der Waals surface area contributed by atoms with Crippen LogP contribution < -0.4 is 11.5 Å². The summed E-state index contributed by atoms with van der Waals surface area (Å²) < 4.78 is 6.53. The average Bonchev–Trinajstić information content (AvgIpc) is 3.17. The number of halogens is 1. The van der Waals surface area contributed by atoms with Crippen molar-refractivity contribution in [1.29, 1.82) is 0 Å². The molecule has 8 nitrogen and oxygen atoms in total. The topological polar surface area (TPSA) is 91.3 Å². The predicted octanol–water partition coefficient (Wildman–Crippen LogP) is 9.93. The summed E-state index contributed by atoms with van der Waals surface area (Å²) in [6.45, 7) is 26.3. The number of hydrogen-bond acceptors (Lipinski definition) is 8. The van der Waals surface area contributed by atoms with Gasteiger partial charge in [-0.15, -0.1) is 0 Å². The Morgan fingerprint density at radius 1 is 1.02 bits per heavy atom. The van der Waals surface area contributed by atoms with E-state index in [0.717, 1.165) is 68.7 Å². The van der Waals surface area contributed by atoms with Gasteiger partial charge >= 0.3 is 0 Å². The first-order valence-corrected chi connectivity index (χ1v) is 21.4. The standard InChI is InChI=1S/C22H36N2O.C10H22N2O.C8H11ClN2.C5H8.C2H6/c1-7-8-14-22(4,5)21(20-12-10-9-11-13-20)25-19(3)24-16-15-23(6)18(2)17-24;1-11(2)8-6-5-7-10(9-13)12(3)4;9-8-3-6(4-10)1-2-7(8)5-11;1-5-3-2-4-5;1-2/h9-13,18,21H,3,7-8,14-17H2,1-2,4-6H3;9-10H,5-8H2,1-4H3;1-3H,4-5,10-11H2;1-4H2;1-2H3/t18-,21?;10-;;;/m11.../s1. The summed E-state index contributed by atoms with van der Waals surface area (Å²) >= 11 is 5.87. The Kier molecular flexibility index (Phi) is 28.9. The number of likely N-dealkylation sites (N-methyl/N-ethyl adjacent to an activating group) is 2. The molecule has 3 atom stereocenters. The van der Waals surface area contributed by atoms with E-state index in [0.29, 0.717) is 24.2 Å². The van der Waals surface area contributed by atoms with Crippen molar-refractivity contribution in [1.82, 2.24) is 19.6 Å². The lowest BCUT2D eigenvalue weighted by atomic mass is 9.78. The Bertz CT molecular complexity index is 1330. The molecule has 1 aliphatic carbocycles. The first kappa shape index (κ1) is 53.3. The largest absolute Gasteiger partial charge is 0.471 e. The second kappa shape index (κ2) is 30.4. The normalized spacial score (nSPS) is 16.3. The number of unbranched alkanes of at least 4 members (excludes halogenated alkanes) is 2. The zero-order valence-electron chi connectivity index (χ0n) is 37.6. The van der Waals surface area contributed by atoms with Gasteiger partial charge < -0.3 is 40.6 Å². The van der Waals surface area contributed by atoms with E-state index < -0.39 is 0 Å². The highest BCUT2D eigenvalue weighted by Gasteiger charge is 2.34. The maximum absolute atomic E-state index is 10.6. The summed E-state index contributed by atoms with van der Waals surface area (Å²) in [6, 6.07) is 16.9. The first-order chi connectivity index (χ1) is 26.6. The molecule has 1 unspecified atom stereocenters. The molecule has 2 fully saturated rings. The van der Waals surface area contributed by atoms with Crippen molar-refractivity contribution in [2.75, 3.05) is 61.4 Å². The minimum absolute atomic E-state index is 0.0303. The van der Waals surface area contributed by atoms with Crippen LogP contribution in [0.25, 0.3) is 0 Å². The number of nitrogens with two attached hydrogens (primary N) is 2. The quantitative estimate of drug-likeness (QED) is 0.0708. The molecule has 0 amide bonds. The Morgan fingerprint density at radius 2 is 1.64 bits per heavy atom. The van der Waals surface area contributed by atoms with E-state index in [2.05, 4.69) is 107 Å². The number of aldehydes is 1. The average molecular weight is 800 g/mol. The SMILES string of the molecule is C=C(OC(c1ccccc1)C(C)(C)CCCC)N1CCN(C)[C@H](C)C1.C=C1CCC1.CC.CN(C)CCCC[C@H](C=O)N(C)C.NCc1ccc(CN)c(Cl)c1. The highest BCUT2D eigenvalue weighted by molar-refractivity contribution is 6.31. The molecule has 320 valence electrons. The van der Waals surface area contributed by atoms with Crippen molar-refractivity contribution in [3.05, 3.63) is 94.9 Å². The summed E-state index contributed by atoms with van der Waals surface area (Å²) in [4.78, 5) is 19.5. The van der Waals surface area contributed by atoms with Crippen LogP contribution in [0.5, 0.6) is 0 Å². The molecule has 9 heteroatoms. The van der Waals surface area contributed by atoms with E-state index in [9.17, 15) is 4.79 Å². The fraction of sp³-hybridized carbons (Fsp3) is 0.638. The lowest BCUT2D eigenvalue weighted by Gasteiger charge is -2.42. The Labute approximate surface area is 349 Å². The fourth-order valence-electron chi connectivity index (χ4n) is 6.10. The summed E-state index contributed by atoms with van der Waals surface area (Å²) in [5.41, 5.74) is 15.6. The van der Waals surface area contributed by atoms with Crippen LogP contribution >= 0.6 is 11.6 Å². The van der Waals surface area contributed by atoms with Crippen molar-refractivity contribution >= 4 is 17.9 Å². The van der Waals surface area contributed by atoms with Gasteiger partial charge in [0.25, 0.3) is 0 Å². The molecule has 1 aliphatic heterocycles. The number of carbonyl (C=O) groups excluding carboxylic acids is 1. The van der Waals surface area contributed by atoms with Crippen LogP contribution in [0.1, 0.15) is 122 Å². The van der Waals surface area contributed by atoms with Crippen LogP contribution in [0.15, 0.2) is 73.1 Å². The zero-order valence-corrected chi connectivity index (χ0v) is 38.3. The van der Waals surface area contributed by atoms with Gasteiger partial charge in [-0.3, -0.25) is 0 Å². The number of allylic oxidation sites excluding steroid dienone is 1. The Morgan fingerprint density at radius 3 is 2.09 bits per heavy atom. The maximum atomic E-state index is 10.6. The minimum Gasteiger partial charge on any atom is -0.471 e. The Balaban J connectivity index is 0.000000813. The van der Waals surface area contributed by atoms with Crippen LogP contribution in [0, 0.1) is 5.41 Å². The van der Waals surface area contributed by atoms with Crippen molar-refractivity contribution in [2.45, 2.75) is 131 Å². The van der Waals surface area contributed by atoms with E-state index in [1.807, 2.05) is 51.0 Å². The number of nitrogens with zero attached hydrogens (tertiary/aromatic N) is 4. The third-order valence-corrected chi connectivity index (χ3v) is 10.7. The zero-order chi connectivity index (χ0) is 42.7. The number of rotatable bonds is 17. The molecule has 0 spiro atoms. The molecule has 0 bridgehead atoms. The molecule has 4 N–H and O–H groups in total. The van der Waals surface area contributed by atoms with Crippen LogP contribution in [0.4, 0.5) is 0 Å². The van der Waals surface area contributed by atoms with Gasteiger partial charge in [-0.05, 0) is 117 Å². The monoisotopic (exact) mass is 799 g/mol. The molecular formula is C47H83ClN6O2. The van der Waals surface area contributed by atoms with Crippen LogP contribution in [0.3, 0.4) is 0 Å². The first-order valence-electron chi connectivity index (χ1n) is 21.1. The fourth-order valence-corrected chi connectivity index (χ4v) is 6.38. The second-order valence-corrected chi connectivity index (χ2v) is 16.5. The van der Waals surface area contributed by atoms with E-state index in [-0.39, 0.29) is 17.6 Å². The molecule has 0 radical (unpaired) electrons.